The Morgan fingerprint density at radius 1 is 1.14 bits per heavy atom. The number of aryl methyl sites for hydroxylation is 1. The molecule has 0 bridgehead atoms. The maximum atomic E-state index is 5.98. The number of ether oxygens (including phenoxy) is 1. The summed E-state index contributed by atoms with van der Waals surface area (Å²) in [6.45, 7) is 1.94. The Morgan fingerprint density at radius 3 is 2.81 bits per heavy atom. The van der Waals surface area contributed by atoms with Crippen LogP contribution in [0.5, 0.6) is 11.6 Å². The summed E-state index contributed by atoms with van der Waals surface area (Å²) in [5, 5.41) is 3.90. The zero-order valence-corrected chi connectivity index (χ0v) is 11.8. The van der Waals surface area contributed by atoms with Crippen molar-refractivity contribution in [3.05, 3.63) is 42.4 Å². The smallest absolute Gasteiger partial charge is 0.248 e. The molecular formula is C15H15N5O. The highest BCUT2D eigenvalue weighted by molar-refractivity contribution is 5.85. The van der Waals surface area contributed by atoms with Crippen LogP contribution in [0.15, 0.2) is 36.7 Å². The maximum absolute atomic E-state index is 5.98. The Kier molecular flexibility index (Phi) is 3.27. The second kappa shape index (κ2) is 5.24. The van der Waals surface area contributed by atoms with E-state index in [4.69, 9.17) is 10.5 Å². The lowest BCUT2D eigenvalue weighted by Gasteiger charge is -2.11. The van der Waals surface area contributed by atoms with E-state index >= 15 is 0 Å². The highest BCUT2D eigenvalue weighted by atomic mass is 16.5. The van der Waals surface area contributed by atoms with Crippen molar-refractivity contribution in [3.8, 4) is 11.6 Å². The molecule has 2 aromatic heterocycles. The molecule has 6 heteroatoms. The Balaban J connectivity index is 2.08. The van der Waals surface area contributed by atoms with E-state index in [0.29, 0.717) is 23.1 Å². The molecule has 0 amide bonds. The third-order valence-corrected chi connectivity index (χ3v) is 3.11. The monoisotopic (exact) mass is 281 g/mol. The van der Waals surface area contributed by atoms with E-state index in [2.05, 4.69) is 20.3 Å². The van der Waals surface area contributed by atoms with Crippen LogP contribution in [0, 0.1) is 6.92 Å². The fourth-order valence-electron chi connectivity index (χ4n) is 2.06. The van der Waals surface area contributed by atoms with Crippen LogP contribution in [0.2, 0.25) is 0 Å². The fourth-order valence-corrected chi connectivity index (χ4v) is 2.06. The average molecular weight is 281 g/mol. The molecule has 0 aliphatic rings. The molecule has 0 spiro atoms. The minimum Gasteiger partial charge on any atom is -0.435 e. The molecule has 106 valence electrons. The first-order valence-electron chi connectivity index (χ1n) is 6.51. The van der Waals surface area contributed by atoms with Crippen LogP contribution in [-0.2, 0) is 0 Å². The lowest BCUT2D eigenvalue weighted by Crippen LogP contribution is -2.03. The Labute approximate surface area is 122 Å². The van der Waals surface area contributed by atoms with Gasteiger partial charge in [-0.1, -0.05) is 18.2 Å². The minimum atomic E-state index is 0.310. The summed E-state index contributed by atoms with van der Waals surface area (Å²) in [7, 11) is 1.74. The molecule has 3 rings (SSSR count). The van der Waals surface area contributed by atoms with Crippen LogP contribution in [-0.4, -0.2) is 22.0 Å². The van der Waals surface area contributed by atoms with Crippen LogP contribution in [0.3, 0.4) is 0 Å². The van der Waals surface area contributed by atoms with Gasteiger partial charge in [0.15, 0.2) is 11.6 Å². The second-order valence-electron chi connectivity index (χ2n) is 4.57. The van der Waals surface area contributed by atoms with E-state index in [0.717, 1.165) is 16.6 Å². The van der Waals surface area contributed by atoms with Crippen LogP contribution in [0.25, 0.3) is 10.9 Å². The number of hydrogen-bond acceptors (Lipinski definition) is 6. The van der Waals surface area contributed by atoms with Gasteiger partial charge in [0.1, 0.15) is 17.5 Å². The van der Waals surface area contributed by atoms with Gasteiger partial charge in [-0.2, -0.15) is 4.98 Å². The van der Waals surface area contributed by atoms with Gasteiger partial charge in [-0.05, 0) is 19.1 Å². The number of para-hydroxylation sites is 1. The van der Waals surface area contributed by atoms with Crippen LogP contribution < -0.4 is 15.8 Å². The number of benzene rings is 1. The molecular weight excluding hydrogens is 266 g/mol. The number of nitrogens with zero attached hydrogens (tertiary/aromatic N) is 3. The highest BCUT2D eigenvalue weighted by Crippen LogP contribution is 2.32. The van der Waals surface area contributed by atoms with Crippen LogP contribution >= 0.6 is 0 Å². The molecule has 0 fully saturated rings. The third-order valence-electron chi connectivity index (χ3n) is 3.11. The molecule has 0 saturated carbocycles. The molecule has 0 unspecified atom stereocenters. The van der Waals surface area contributed by atoms with E-state index in [1.54, 1.807) is 7.05 Å². The van der Waals surface area contributed by atoms with Gasteiger partial charge >= 0.3 is 0 Å². The number of nitrogens with two attached hydrogens (primary N) is 1. The standard InChI is InChI=1S/C15H15N5O/c1-9-6-7-10-4-3-5-11(13(10)20-9)21-15-12(16)14(17-2)18-8-19-15/h3-8H,16H2,1-2H3,(H,17,18,19). The molecule has 6 nitrogen and oxygen atoms in total. The van der Waals surface area contributed by atoms with Crippen molar-refractivity contribution in [2.75, 3.05) is 18.1 Å². The lowest BCUT2D eigenvalue weighted by molar-refractivity contribution is 0.468. The van der Waals surface area contributed by atoms with E-state index in [1.165, 1.54) is 6.33 Å². The largest absolute Gasteiger partial charge is 0.435 e. The summed E-state index contributed by atoms with van der Waals surface area (Å²) in [5.41, 5.74) is 8.05. The molecule has 0 aliphatic carbocycles. The Hall–Kier alpha value is -2.89. The van der Waals surface area contributed by atoms with Crippen LogP contribution in [0.4, 0.5) is 11.5 Å². The Morgan fingerprint density at radius 2 is 2.00 bits per heavy atom. The number of fused-ring (bicyclic) bond motifs is 1. The van der Waals surface area contributed by atoms with Crippen molar-refractivity contribution in [3.63, 3.8) is 0 Å². The quantitative estimate of drug-likeness (QED) is 0.767. The summed E-state index contributed by atoms with van der Waals surface area (Å²) < 4.78 is 5.84. The molecule has 3 aromatic rings. The summed E-state index contributed by atoms with van der Waals surface area (Å²) in [6.07, 6.45) is 1.40. The second-order valence-corrected chi connectivity index (χ2v) is 4.57. The topological polar surface area (TPSA) is 86.0 Å². The van der Waals surface area contributed by atoms with E-state index in [-0.39, 0.29) is 0 Å². The molecule has 0 aliphatic heterocycles. The minimum absolute atomic E-state index is 0.310. The van der Waals surface area contributed by atoms with Gasteiger partial charge in [0.25, 0.3) is 0 Å². The van der Waals surface area contributed by atoms with E-state index in [1.807, 2.05) is 37.3 Å². The first kappa shape index (κ1) is 13.1. The number of nitrogen functional groups attached to an aromatic ring is 1. The zero-order valence-electron chi connectivity index (χ0n) is 11.8. The van der Waals surface area contributed by atoms with Crippen molar-refractivity contribution in [2.45, 2.75) is 6.92 Å². The maximum Gasteiger partial charge on any atom is 0.248 e. The molecule has 2 heterocycles. The highest BCUT2D eigenvalue weighted by Gasteiger charge is 2.11. The molecule has 0 radical (unpaired) electrons. The fraction of sp³-hybridized carbons (Fsp3) is 0.133. The zero-order chi connectivity index (χ0) is 14.8. The normalized spacial score (nSPS) is 10.6. The first-order valence-corrected chi connectivity index (χ1v) is 6.51. The van der Waals surface area contributed by atoms with Gasteiger partial charge < -0.3 is 15.8 Å². The predicted octanol–water partition coefficient (Wildman–Crippen LogP) is 2.75. The van der Waals surface area contributed by atoms with Gasteiger partial charge in [0.2, 0.25) is 5.88 Å². The van der Waals surface area contributed by atoms with Gasteiger partial charge in [-0.3, -0.25) is 0 Å². The number of nitrogens with one attached hydrogen (secondary N) is 1. The molecule has 1 aromatic carbocycles. The van der Waals surface area contributed by atoms with Gasteiger partial charge in [0, 0.05) is 18.1 Å². The van der Waals surface area contributed by atoms with Crippen molar-refractivity contribution < 1.29 is 4.74 Å². The molecule has 3 N–H and O–H groups in total. The predicted molar refractivity (Wildman–Crippen MR) is 82.5 cm³/mol. The SMILES string of the molecule is CNc1ncnc(Oc2cccc3ccc(C)nc23)c1N. The molecule has 0 atom stereocenters. The third kappa shape index (κ3) is 2.43. The van der Waals surface area contributed by atoms with Gasteiger partial charge in [0.05, 0.1) is 0 Å². The number of pyridine rings is 1. The van der Waals surface area contributed by atoms with Crippen LogP contribution in [0.1, 0.15) is 5.69 Å². The Bertz CT molecular complexity index is 803. The number of hydrogen-bond donors (Lipinski definition) is 2. The summed E-state index contributed by atoms with van der Waals surface area (Å²) in [5.74, 6) is 1.46. The summed E-state index contributed by atoms with van der Waals surface area (Å²) >= 11 is 0. The van der Waals surface area contributed by atoms with Crippen molar-refractivity contribution in [1.82, 2.24) is 15.0 Å². The number of rotatable bonds is 3. The number of aromatic nitrogens is 3. The first-order chi connectivity index (χ1) is 10.2. The lowest BCUT2D eigenvalue weighted by atomic mass is 10.2. The van der Waals surface area contributed by atoms with Crippen molar-refractivity contribution in [1.29, 1.82) is 0 Å². The average Bonchev–Trinajstić information content (AvgIpc) is 2.50. The number of anilines is 2. The van der Waals surface area contributed by atoms with Crippen molar-refractivity contribution >= 4 is 22.4 Å². The summed E-state index contributed by atoms with van der Waals surface area (Å²) in [6, 6.07) is 9.70. The van der Waals surface area contributed by atoms with E-state index in [9.17, 15) is 0 Å². The molecule has 0 saturated heterocycles. The summed E-state index contributed by atoms with van der Waals surface area (Å²) in [4.78, 5) is 12.6. The van der Waals surface area contributed by atoms with Crippen molar-refractivity contribution in [2.24, 2.45) is 0 Å². The van der Waals surface area contributed by atoms with E-state index < -0.39 is 0 Å². The molecule has 21 heavy (non-hydrogen) atoms. The van der Waals surface area contributed by atoms with Gasteiger partial charge in [-0.25, -0.2) is 9.97 Å². The van der Waals surface area contributed by atoms with Gasteiger partial charge in [-0.15, -0.1) is 0 Å².